The Morgan fingerprint density at radius 2 is 2.08 bits per heavy atom. The van der Waals surface area contributed by atoms with Crippen LogP contribution in [0.4, 0.5) is 0 Å². The second kappa shape index (κ2) is 6.77. The van der Waals surface area contributed by atoms with Crippen LogP contribution in [0.3, 0.4) is 0 Å². The van der Waals surface area contributed by atoms with Crippen LogP contribution in [-0.2, 0) is 0 Å². The summed E-state index contributed by atoms with van der Waals surface area (Å²) in [5.74, 6) is 1.40. The van der Waals surface area contributed by atoms with Gasteiger partial charge in [0.1, 0.15) is 5.82 Å². The summed E-state index contributed by atoms with van der Waals surface area (Å²) >= 11 is 6.34. The number of benzene rings is 1. The summed E-state index contributed by atoms with van der Waals surface area (Å²) in [6, 6.07) is 7.89. The molecule has 1 unspecified atom stereocenters. The number of carbonyl (C=O) groups excluding carboxylic acids is 1. The third-order valence-corrected chi connectivity index (χ3v) is 5.28. The normalized spacial score (nSPS) is 20.7. The third-order valence-electron chi connectivity index (χ3n) is 4.96. The highest BCUT2D eigenvalue weighted by Gasteiger charge is 2.33. The summed E-state index contributed by atoms with van der Waals surface area (Å²) in [6.07, 6.45) is 4.26. The van der Waals surface area contributed by atoms with Crippen molar-refractivity contribution in [1.29, 1.82) is 0 Å². The summed E-state index contributed by atoms with van der Waals surface area (Å²) in [5, 5.41) is 8.41. The number of aromatic nitrogens is 3. The van der Waals surface area contributed by atoms with Crippen molar-refractivity contribution in [2.75, 3.05) is 20.1 Å². The summed E-state index contributed by atoms with van der Waals surface area (Å²) in [5.41, 5.74) is 0.782. The van der Waals surface area contributed by atoms with Crippen LogP contribution in [0, 0.1) is 0 Å². The molecule has 25 heavy (non-hydrogen) atoms. The second-order valence-electron chi connectivity index (χ2n) is 6.81. The zero-order valence-corrected chi connectivity index (χ0v) is 15.0. The number of hydrogen-bond acceptors (Lipinski definition) is 4. The number of para-hydroxylation sites is 1. The molecule has 2 aliphatic rings. The quantitative estimate of drug-likeness (QED) is 0.911. The van der Waals surface area contributed by atoms with Gasteiger partial charge in [-0.15, -0.1) is 5.10 Å². The fraction of sp³-hybridized carbons (Fsp3) is 0.500. The van der Waals surface area contributed by atoms with Gasteiger partial charge >= 0.3 is 0 Å². The molecule has 7 heteroatoms. The van der Waals surface area contributed by atoms with Crippen molar-refractivity contribution in [2.24, 2.45) is 0 Å². The number of likely N-dealkylation sites (tertiary alicyclic amines) is 1. The molecule has 2 heterocycles. The number of halogens is 1. The fourth-order valence-corrected chi connectivity index (χ4v) is 3.58. The molecule has 1 saturated heterocycles. The second-order valence-corrected chi connectivity index (χ2v) is 7.22. The van der Waals surface area contributed by atoms with Gasteiger partial charge in [0.05, 0.1) is 10.7 Å². The van der Waals surface area contributed by atoms with Crippen molar-refractivity contribution < 1.29 is 4.79 Å². The van der Waals surface area contributed by atoms with Crippen LogP contribution in [-0.4, -0.2) is 51.8 Å². The van der Waals surface area contributed by atoms with Gasteiger partial charge in [0.25, 0.3) is 5.91 Å². The Balaban J connectivity index is 1.66. The van der Waals surface area contributed by atoms with E-state index >= 15 is 0 Å². The number of nitrogens with zero attached hydrogens (tertiary/aromatic N) is 4. The van der Waals surface area contributed by atoms with Gasteiger partial charge in [0, 0.05) is 25.0 Å². The molecule has 0 radical (unpaired) electrons. The van der Waals surface area contributed by atoms with Crippen LogP contribution >= 0.6 is 11.6 Å². The average Bonchev–Trinajstić information content (AvgIpc) is 3.40. The zero-order valence-electron chi connectivity index (χ0n) is 14.3. The lowest BCUT2D eigenvalue weighted by Gasteiger charge is -2.31. The van der Waals surface area contributed by atoms with Crippen LogP contribution in [0.25, 0.3) is 5.69 Å². The minimum atomic E-state index is -0.0901. The number of rotatable bonds is 4. The smallest absolute Gasteiger partial charge is 0.293 e. The summed E-state index contributed by atoms with van der Waals surface area (Å²) < 4.78 is 1.76. The van der Waals surface area contributed by atoms with E-state index in [4.69, 9.17) is 11.6 Å². The Morgan fingerprint density at radius 3 is 2.80 bits per heavy atom. The van der Waals surface area contributed by atoms with E-state index in [1.54, 1.807) is 4.68 Å². The molecule has 2 aromatic rings. The first kappa shape index (κ1) is 16.5. The van der Waals surface area contributed by atoms with E-state index in [9.17, 15) is 4.79 Å². The lowest BCUT2D eigenvalue weighted by atomic mass is 10.1. The largest absolute Gasteiger partial charge is 0.334 e. The first-order valence-electron chi connectivity index (χ1n) is 8.85. The third kappa shape index (κ3) is 3.28. The summed E-state index contributed by atoms with van der Waals surface area (Å²) in [6.45, 7) is 1.46. The van der Waals surface area contributed by atoms with E-state index in [0.29, 0.717) is 23.5 Å². The Bertz CT molecular complexity index is 786. The molecule has 1 aromatic heterocycles. The average molecular weight is 360 g/mol. The number of likely N-dealkylation sites (N-methyl/N-ethyl adjacent to an activating group) is 1. The Kier molecular flexibility index (Phi) is 4.48. The molecule has 6 nitrogen and oxygen atoms in total. The predicted octanol–water partition coefficient (Wildman–Crippen LogP) is 2.62. The molecule has 0 bridgehead atoms. The zero-order chi connectivity index (χ0) is 17.4. The molecular weight excluding hydrogens is 338 g/mol. The molecule has 1 aliphatic heterocycles. The number of carbonyl (C=O) groups is 1. The highest BCUT2D eigenvalue weighted by molar-refractivity contribution is 6.32. The van der Waals surface area contributed by atoms with Gasteiger partial charge in [0.2, 0.25) is 5.82 Å². The Morgan fingerprint density at radius 1 is 1.28 bits per heavy atom. The first-order chi connectivity index (χ1) is 12.2. The van der Waals surface area contributed by atoms with Crippen molar-refractivity contribution in [1.82, 2.24) is 25.0 Å². The van der Waals surface area contributed by atoms with E-state index < -0.39 is 0 Å². The van der Waals surface area contributed by atoms with Gasteiger partial charge in [-0.1, -0.05) is 23.7 Å². The number of piperidine rings is 1. The highest BCUT2D eigenvalue weighted by Crippen LogP contribution is 2.40. The van der Waals surface area contributed by atoms with Gasteiger partial charge in [-0.05, 0) is 44.9 Å². The van der Waals surface area contributed by atoms with E-state index in [1.165, 1.54) is 0 Å². The molecule has 0 spiro atoms. The van der Waals surface area contributed by atoms with Gasteiger partial charge in [0.15, 0.2) is 0 Å². The van der Waals surface area contributed by atoms with Crippen molar-refractivity contribution in [3.8, 4) is 5.69 Å². The fourth-order valence-electron chi connectivity index (χ4n) is 3.36. The van der Waals surface area contributed by atoms with Crippen LogP contribution in [0.5, 0.6) is 0 Å². The van der Waals surface area contributed by atoms with Crippen LogP contribution in [0.2, 0.25) is 5.02 Å². The minimum Gasteiger partial charge on any atom is -0.334 e. The molecule has 1 aliphatic carbocycles. The lowest BCUT2D eigenvalue weighted by molar-refractivity contribution is 0.0686. The van der Waals surface area contributed by atoms with E-state index in [2.05, 4.69) is 15.4 Å². The maximum absolute atomic E-state index is 12.9. The van der Waals surface area contributed by atoms with E-state index in [0.717, 1.165) is 43.7 Å². The molecule has 2 fully saturated rings. The van der Waals surface area contributed by atoms with Crippen molar-refractivity contribution in [3.05, 3.63) is 40.9 Å². The van der Waals surface area contributed by atoms with Gasteiger partial charge in [-0.2, -0.15) is 0 Å². The Labute approximate surface area is 152 Å². The Hall–Kier alpha value is -1.92. The van der Waals surface area contributed by atoms with Gasteiger partial charge < -0.3 is 10.2 Å². The number of hydrogen-bond donors (Lipinski definition) is 1. The topological polar surface area (TPSA) is 63.1 Å². The standard InChI is InChI=1S/C18H22ClN5O/c1-20-13-5-4-10-23(11-13)18(25)16-21-17(12-8-9-12)24(22-16)15-7-3-2-6-14(15)19/h2-3,6-7,12-13,20H,4-5,8-11H2,1H3. The van der Waals surface area contributed by atoms with Crippen molar-refractivity contribution in [3.63, 3.8) is 0 Å². The molecule has 1 amide bonds. The van der Waals surface area contributed by atoms with E-state index in [-0.39, 0.29) is 11.7 Å². The highest BCUT2D eigenvalue weighted by atomic mass is 35.5. The lowest BCUT2D eigenvalue weighted by Crippen LogP contribution is -2.47. The SMILES string of the molecule is CNC1CCCN(C(=O)c2nc(C3CC3)n(-c3ccccc3Cl)n2)C1. The molecule has 132 valence electrons. The van der Waals surface area contributed by atoms with Crippen molar-refractivity contribution >= 4 is 17.5 Å². The number of nitrogens with one attached hydrogen (secondary N) is 1. The molecule has 1 atom stereocenters. The first-order valence-corrected chi connectivity index (χ1v) is 9.23. The van der Waals surface area contributed by atoms with Gasteiger partial charge in [-0.3, -0.25) is 4.79 Å². The maximum Gasteiger partial charge on any atom is 0.293 e. The molecule has 4 rings (SSSR count). The van der Waals surface area contributed by atoms with Gasteiger partial charge in [-0.25, -0.2) is 9.67 Å². The minimum absolute atomic E-state index is 0.0901. The van der Waals surface area contributed by atoms with Crippen LogP contribution in [0.1, 0.15) is 48.0 Å². The molecule has 1 N–H and O–H groups in total. The molecule has 1 aromatic carbocycles. The summed E-state index contributed by atoms with van der Waals surface area (Å²) in [4.78, 5) is 19.4. The van der Waals surface area contributed by atoms with Crippen LogP contribution < -0.4 is 5.32 Å². The van der Waals surface area contributed by atoms with E-state index in [1.807, 2.05) is 36.2 Å². The summed E-state index contributed by atoms with van der Waals surface area (Å²) in [7, 11) is 1.94. The monoisotopic (exact) mass is 359 g/mol. The van der Waals surface area contributed by atoms with Crippen molar-refractivity contribution in [2.45, 2.75) is 37.6 Å². The molecule has 1 saturated carbocycles. The maximum atomic E-state index is 12.9. The van der Waals surface area contributed by atoms with Crippen LogP contribution in [0.15, 0.2) is 24.3 Å². The predicted molar refractivity (Wildman–Crippen MR) is 96.3 cm³/mol. The molecular formula is C18H22ClN5O. The number of amides is 1.